The van der Waals surface area contributed by atoms with Gasteiger partial charge in [-0.3, -0.25) is 0 Å². The van der Waals surface area contributed by atoms with Gasteiger partial charge in [-0.05, 0) is 86.3 Å². The molecule has 8 aromatic rings. The van der Waals surface area contributed by atoms with Crippen LogP contribution in [0.5, 0.6) is 0 Å². The SMILES string of the molecule is Cc1cc(C)nc(-c2ccc(-c3cc(-c4ccc(-c5nc(C)cc(C)n5)cc4)cc(-c4nc(-c5ccccc5)cc(-c5ccccc5)n4)c3)cc2)n1. The zero-order valence-electron chi connectivity index (χ0n) is 29.5. The van der Waals surface area contributed by atoms with Crippen molar-refractivity contribution in [2.75, 3.05) is 0 Å². The van der Waals surface area contributed by atoms with Crippen molar-refractivity contribution < 1.29 is 0 Å². The van der Waals surface area contributed by atoms with E-state index in [2.05, 4.69) is 117 Å². The van der Waals surface area contributed by atoms with Crippen molar-refractivity contribution in [3.05, 3.63) is 168 Å². The van der Waals surface area contributed by atoms with Gasteiger partial charge in [-0.15, -0.1) is 0 Å². The molecule has 0 aliphatic heterocycles. The predicted molar refractivity (Wildman–Crippen MR) is 210 cm³/mol. The zero-order chi connectivity index (χ0) is 35.6. The summed E-state index contributed by atoms with van der Waals surface area (Å²) in [7, 11) is 0. The lowest BCUT2D eigenvalue weighted by Gasteiger charge is -2.13. The van der Waals surface area contributed by atoms with Crippen LogP contribution in [0.3, 0.4) is 0 Å². The average molecular weight is 673 g/mol. The molecule has 0 aliphatic rings. The minimum absolute atomic E-state index is 0.656. The second-order valence-corrected chi connectivity index (χ2v) is 13.1. The fourth-order valence-electron chi connectivity index (χ4n) is 6.51. The van der Waals surface area contributed by atoms with Crippen molar-refractivity contribution in [3.63, 3.8) is 0 Å². The standard InChI is InChI=1S/C46H36N6/c1-29-23-30(2)48-44(47-29)37-19-15-33(16-20-37)39-25-40(34-17-21-38(22-18-34)45-49-31(3)24-32(4)50-45)27-41(26-39)46-51-42(35-11-7-5-8-12-35)28-43(52-46)36-13-9-6-10-14-36/h5-28H,1-4H3. The van der Waals surface area contributed by atoms with Crippen molar-refractivity contribution >= 4 is 0 Å². The van der Waals surface area contributed by atoms with Gasteiger partial charge in [0.2, 0.25) is 0 Å². The Labute approximate surface area is 304 Å². The van der Waals surface area contributed by atoms with Gasteiger partial charge in [-0.1, -0.05) is 109 Å². The molecular formula is C46H36N6. The highest BCUT2D eigenvalue weighted by Crippen LogP contribution is 2.35. The van der Waals surface area contributed by atoms with Crippen molar-refractivity contribution in [3.8, 4) is 78.9 Å². The molecule has 0 saturated carbocycles. The van der Waals surface area contributed by atoms with E-state index in [0.717, 1.165) is 95.9 Å². The Balaban J connectivity index is 1.27. The van der Waals surface area contributed by atoms with Gasteiger partial charge >= 0.3 is 0 Å². The first-order valence-corrected chi connectivity index (χ1v) is 17.4. The third kappa shape index (κ3) is 7.00. The van der Waals surface area contributed by atoms with Crippen LogP contribution in [0.15, 0.2) is 146 Å². The smallest absolute Gasteiger partial charge is 0.160 e. The molecule has 0 atom stereocenters. The number of aromatic nitrogens is 6. The van der Waals surface area contributed by atoms with Crippen molar-refractivity contribution in [1.82, 2.24) is 29.9 Å². The molecule has 0 aliphatic carbocycles. The molecule has 0 radical (unpaired) electrons. The quantitative estimate of drug-likeness (QED) is 0.168. The second-order valence-electron chi connectivity index (χ2n) is 13.1. The summed E-state index contributed by atoms with van der Waals surface area (Å²) in [5.41, 5.74) is 14.7. The number of hydrogen-bond donors (Lipinski definition) is 0. The largest absolute Gasteiger partial charge is 0.233 e. The molecule has 3 aromatic heterocycles. The Bertz CT molecular complexity index is 2320. The van der Waals surface area contributed by atoms with E-state index in [4.69, 9.17) is 9.97 Å². The molecule has 52 heavy (non-hydrogen) atoms. The number of hydrogen-bond acceptors (Lipinski definition) is 6. The Hall–Kier alpha value is -6.66. The maximum absolute atomic E-state index is 5.17. The first-order chi connectivity index (χ1) is 25.3. The van der Waals surface area contributed by atoms with E-state index in [9.17, 15) is 0 Å². The number of rotatable bonds is 7. The van der Waals surface area contributed by atoms with Crippen LogP contribution in [-0.4, -0.2) is 29.9 Å². The molecule has 3 heterocycles. The van der Waals surface area contributed by atoms with E-state index in [0.29, 0.717) is 5.82 Å². The molecule has 6 heteroatoms. The van der Waals surface area contributed by atoms with Gasteiger partial charge in [0.15, 0.2) is 17.5 Å². The number of aryl methyl sites for hydroxylation is 4. The molecule has 0 unspecified atom stereocenters. The normalized spacial score (nSPS) is 11.1. The fourth-order valence-corrected chi connectivity index (χ4v) is 6.51. The molecule has 250 valence electrons. The lowest BCUT2D eigenvalue weighted by Crippen LogP contribution is -1.97. The van der Waals surface area contributed by atoms with E-state index < -0.39 is 0 Å². The molecule has 5 aromatic carbocycles. The van der Waals surface area contributed by atoms with Gasteiger partial charge in [0.05, 0.1) is 11.4 Å². The molecule has 0 bridgehead atoms. The maximum Gasteiger partial charge on any atom is 0.160 e. The maximum atomic E-state index is 5.17. The van der Waals surface area contributed by atoms with Gasteiger partial charge in [0.1, 0.15) is 0 Å². The summed E-state index contributed by atoms with van der Waals surface area (Å²) in [6.45, 7) is 8.00. The van der Waals surface area contributed by atoms with Crippen LogP contribution in [0.1, 0.15) is 22.8 Å². The third-order valence-corrected chi connectivity index (χ3v) is 8.97. The highest BCUT2D eigenvalue weighted by Gasteiger charge is 2.15. The molecule has 0 saturated heterocycles. The molecule has 8 rings (SSSR count). The lowest BCUT2D eigenvalue weighted by molar-refractivity contribution is 1.06. The molecule has 0 N–H and O–H groups in total. The van der Waals surface area contributed by atoms with Gasteiger partial charge < -0.3 is 0 Å². The van der Waals surface area contributed by atoms with E-state index in [1.54, 1.807) is 0 Å². The Kier molecular flexibility index (Phi) is 8.71. The Morgan fingerprint density at radius 1 is 0.250 bits per heavy atom. The molecule has 6 nitrogen and oxygen atoms in total. The van der Waals surface area contributed by atoms with Crippen LogP contribution < -0.4 is 0 Å². The van der Waals surface area contributed by atoms with Crippen molar-refractivity contribution in [2.24, 2.45) is 0 Å². The first kappa shape index (κ1) is 32.5. The minimum atomic E-state index is 0.656. The van der Waals surface area contributed by atoms with Gasteiger partial charge in [-0.2, -0.15) is 0 Å². The van der Waals surface area contributed by atoms with Gasteiger partial charge in [-0.25, -0.2) is 29.9 Å². The molecular weight excluding hydrogens is 637 g/mol. The number of benzene rings is 5. The van der Waals surface area contributed by atoms with E-state index >= 15 is 0 Å². The molecule has 0 fully saturated rings. The highest BCUT2D eigenvalue weighted by atomic mass is 14.9. The van der Waals surface area contributed by atoms with Crippen LogP contribution in [0.4, 0.5) is 0 Å². The highest BCUT2D eigenvalue weighted by molar-refractivity contribution is 5.82. The zero-order valence-corrected chi connectivity index (χ0v) is 29.5. The molecule has 0 spiro atoms. The summed E-state index contributed by atoms with van der Waals surface area (Å²) in [5.74, 6) is 2.11. The number of nitrogens with zero attached hydrogens (tertiary/aromatic N) is 6. The van der Waals surface area contributed by atoms with Crippen LogP contribution in [0.2, 0.25) is 0 Å². The van der Waals surface area contributed by atoms with Crippen LogP contribution >= 0.6 is 0 Å². The summed E-state index contributed by atoms with van der Waals surface area (Å²) in [6.07, 6.45) is 0. The van der Waals surface area contributed by atoms with E-state index in [-0.39, 0.29) is 0 Å². The van der Waals surface area contributed by atoms with Crippen LogP contribution in [0.25, 0.3) is 78.9 Å². The van der Waals surface area contributed by atoms with Crippen molar-refractivity contribution in [2.45, 2.75) is 27.7 Å². The van der Waals surface area contributed by atoms with E-state index in [1.165, 1.54) is 0 Å². The fraction of sp³-hybridized carbons (Fsp3) is 0.0870. The van der Waals surface area contributed by atoms with Crippen molar-refractivity contribution in [1.29, 1.82) is 0 Å². The van der Waals surface area contributed by atoms with Crippen LogP contribution in [0, 0.1) is 27.7 Å². The predicted octanol–water partition coefficient (Wildman–Crippen LogP) is 11.0. The molecule has 0 amide bonds. The second kappa shape index (κ2) is 13.9. The lowest BCUT2D eigenvalue weighted by atomic mass is 9.94. The topological polar surface area (TPSA) is 77.3 Å². The summed E-state index contributed by atoms with van der Waals surface area (Å²) in [6, 6.07) is 50.1. The third-order valence-electron chi connectivity index (χ3n) is 8.97. The summed E-state index contributed by atoms with van der Waals surface area (Å²) in [5, 5.41) is 0. The minimum Gasteiger partial charge on any atom is -0.233 e. The van der Waals surface area contributed by atoms with Gasteiger partial charge in [0, 0.05) is 50.6 Å². The van der Waals surface area contributed by atoms with Crippen LogP contribution in [-0.2, 0) is 0 Å². The summed E-state index contributed by atoms with van der Waals surface area (Å²) < 4.78 is 0. The van der Waals surface area contributed by atoms with Gasteiger partial charge in [0.25, 0.3) is 0 Å². The first-order valence-electron chi connectivity index (χ1n) is 17.4. The summed E-state index contributed by atoms with van der Waals surface area (Å²) in [4.78, 5) is 29.1. The Morgan fingerprint density at radius 3 is 0.962 bits per heavy atom. The van der Waals surface area contributed by atoms with E-state index in [1.807, 2.05) is 76.2 Å². The Morgan fingerprint density at radius 2 is 0.577 bits per heavy atom. The monoisotopic (exact) mass is 672 g/mol. The average Bonchev–Trinajstić information content (AvgIpc) is 3.17. The summed E-state index contributed by atoms with van der Waals surface area (Å²) >= 11 is 0.